The largest absolute Gasteiger partial charge is 0.455 e. The number of sulfone groups is 1. The Morgan fingerprint density at radius 1 is 1.25 bits per heavy atom. The minimum atomic E-state index is -3.27. The van der Waals surface area contributed by atoms with E-state index in [0.717, 1.165) is 18.4 Å². The maximum absolute atomic E-state index is 13.6. The molecule has 1 aliphatic heterocycles. The molecule has 3 rings (SSSR count). The number of amides is 1. The van der Waals surface area contributed by atoms with Crippen LogP contribution in [-0.2, 0) is 15.6 Å². The van der Waals surface area contributed by atoms with E-state index in [1.165, 1.54) is 18.2 Å². The second-order valence-electron chi connectivity index (χ2n) is 6.69. The lowest BCUT2D eigenvalue weighted by atomic mass is 9.86. The molecular weight excluding hydrogens is 414 g/mol. The van der Waals surface area contributed by atoms with Crippen molar-refractivity contribution in [2.75, 3.05) is 19.3 Å². The van der Waals surface area contributed by atoms with E-state index in [4.69, 9.17) is 4.42 Å². The standard InChI is InChI=1S/C18H20F2N2O4S.ClH/c1-27(24,25)10-12-3-5-17(26-12)18(23)22-16-9-21-7-6-13(16)11-2-4-14(19)15(20)8-11;/h2-5,8,13,16,21H,6-7,9-10H2,1H3,(H,22,23);1H. The Balaban J connectivity index is 0.00000280. The van der Waals surface area contributed by atoms with Crippen molar-refractivity contribution < 1.29 is 26.4 Å². The number of carbonyl (C=O) groups excluding carboxylic acids is 1. The second kappa shape index (κ2) is 9.02. The highest BCUT2D eigenvalue weighted by molar-refractivity contribution is 7.89. The number of hydrogen-bond acceptors (Lipinski definition) is 5. The van der Waals surface area contributed by atoms with Gasteiger partial charge in [-0.3, -0.25) is 4.79 Å². The van der Waals surface area contributed by atoms with Crippen molar-refractivity contribution in [3.63, 3.8) is 0 Å². The molecule has 0 aliphatic carbocycles. The normalized spacial score (nSPS) is 19.7. The average Bonchev–Trinajstić information content (AvgIpc) is 3.04. The zero-order valence-corrected chi connectivity index (χ0v) is 16.7. The third-order valence-electron chi connectivity index (χ3n) is 4.46. The molecule has 10 heteroatoms. The van der Waals surface area contributed by atoms with Gasteiger partial charge in [-0.2, -0.15) is 0 Å². The van der Waals surface area contributed by atoms with Crippen LogP contribution in [0.15, 0.2) is 34.7 Å². The number of benzene rings is 1. The number of furan rings is 1. The van der Waals surface area contributed by atoms with Crippen molar-refractivity contribution in [3.8, 4) is 0 Å². The van der Waals surface area contributed by atoms with Crippen LogP contribution in [0.4, 0.5) is 8.78 Å². The van der Waals surface area contributed by atoms with E-state index < -0.39 is 27.4 Å². The number of piperidine rings is 1. The summed E-state index contributed by atoms with van der Waals surface area (Å²) in [6, 6.07) is 6.27. The third-order valence-corrected chi connectivity index (χ3v) is 5.27. The van der Waals surface area contributed by atoms with E-state index in [-0.39, 0.29) is 41.6 Å². The molecule has 0 saturated carbocycles. The highest BCUT2D eigenvalue weighted by atomic mass is 35.5. The summed E-state index contributed by atoms with van der Waals surface area (Å²) in [7, 11) is -3.27. The molecule has 1 aliphatic rings. The summed E-state index contributed by atoms with van der Waals surface area (Å²) in [4.78, 5) is 12.5. The number of rotatable bonds is 5. The summed E-state index contributed by atoms with van der Waals surface area (Å²) in [6.07, 6.45) is 1.73. The van der Waals surface area contributed by atoms with Crippen molar-refractivity contribution in [2.45, 2.75) is 24.1 Å². The Morgan fingerprint density at radius 3 is 2.68 bits per heavy atom. The Labute approximate surface area is 168 Å². The summed E-state index contributed by atoms with van der Waals surface area (Å²) >= 11 is 0. The van der Waals surface area contributed by atoms with Crippen LogP contribution >= 0.6 is 12.4 Å². The molecule has 1 aromatic carbocycles. The van der Waals surface area contributed by atoms with Crippen LogP contribution in [0.1, 0.15) is 34.2 Å². The van der Waals surface area contributed by atoms with Crippen LogP contribution in [0.3, 0.4) is 0 Å². The molecule has 2 atom stereocenters. The molecule has 1 aromatic heterocycles. The van der Waals surface area contributed by atoms with E-state index >= 15 is 0 Å². The van der Waals surface area contributed by atoms with Crippen molar-refractivity contribution in [2.24, 2.45) is 0 Å². The van der Waals surface area contributed by atoms with Crippen LogP contribution in [-0.4, -0.2) is 39.7 Å². The van der Waals surface area contributed by atoms with Crippen LogP contribution in [0.2, 0.25) is 0 Å². The maximum Gasteiger partial charge on any atom is 0.287 e. The number of halogens is 3. The quantitative estimate of drug-likeness (QED) is 0.754. The summed E-state index contributed by atoms with van der Waals surface area (Å²) in [5.74, 6) is -2.62. The molecule has 0 spiro atoms. The SMILES string of the molecule is CS(=O)(=O)Cc1ccc(C(=O)NC2CNCCC2c2ccc(F)c(F)c2)o1.Cl. The molecule has 1 amide bonds. The first kappa shape index (κ1) is 22.3. The van der Waals surface area contributed by atoms with Gasteiger partial charge in [-0.25, -0.2) is 17.2 Å². The van der Waals surface area contributed by atoms with Gasteiger partial charge in [0.1, 0.15) is 11.5 Å². The second-order valence-corrected chi connectivity index (χ2v) is 8.83. The van der Waals surface area contributed by atoms with Gasteiger partial charge in [0.2, 0.25) is 0 Å². The third kappa shape index (κ3) is 5.52. The molecule has 154 valence electrons. The lowest BCUT2D eigenvalue weighted by molar-refractivity contribution is 0.0894. The molecule has 0 radical (unpaired) electrons. The Hall–Kier alpha value is -1.97. The minimum absolute atomic E-state index is 0. The van der Waals surface area contributed by atoms with Gasteiger partial charge in [0, 0.05) is 24.8 Å². The van der Waals surface area contributed by atoms with Gasteiger partial charge in [0.25, 0.3) is 5.91 Å². The molecule has 2 heterocycles. The van der Waals surface area contributed by atoms with Gasteiger partial charge < -0.3 is 15.1 Å². The van der Waals surface area contributed by atoms with Crippen molar-refractivity contribution in [1.29, 1.82) is 0 Å². The van der Waals surface area contributed by atoms with Crippen molar-refractivity contribution in [1.82, 2.24) is 10.6 Å². The van der Waals surface area contributed by atoms with Gasteiger partial charge in [0.15, 0.2) is 27.2 Å². The average molecular weight is 435 g/mol. The summed E-state index contributed by atoms with van der Waals surface area (Å²) in [5, 5.41) is 5.99. The first-order valence-corrected chi connectivity index (χ1v) is 10.5. The number of nitrogens with one attached hydrogen (secondary N) is 2. The smallest absolute Gasteiger partial charge is 0.287 e. The fraction of sp³-hybridized carbons (Fsp3) is 0.389. The first-order valence-electron chi connectivity index (χ1n) is 8.46. The van der Waals surface area contributed by atoms with Crippen LogP contribution in [0, 0.1) is 11.6 Å². The lowest BCUT2D eigenvalue weighted by Crippen LogP contribution is -2.50. The van der Waals surface area contributed by atoms with E-state index in [1.54, 1.807) is 0 Å². The molecule has 28 heavy (non-hydrogen) atoms. The number of hydrogen-bond donors (Lipinski definition) is 2. The van der Waals surface area contributed by atoms with E-state index in [2.05, 4.69) is 10.6 Å². The molecule has 6 nitrogen and oxygen atoms in total. The van der Waals surface area contributed by atoms with Crippen LogP contribution in [0.25, 0.3) is 0 Å². The predicted molar refractivity (Wildman–Crippen MR) is 102 cm³/mol. The van der Waals surface area contributed by atoms with Gasteiger partial charge in [-0.15, -0.1) is 12.4 Å². The Kier molecular flexibility index (Phi) is 7.19. The van der Waals surface area contributed by atoms with Crippen molar-refractivity contribution in [3.05, 3.63) is 59.1 Å². The van der Waals surface area contributed by atoms with E-state index in [1.807, 2.05) is 0 Å². The Bertz CT molecular complexity index is 949. The van der Waals surface area contributed by atoms with Crippen molar-refractivity contribution >= 4 is 28.2 Å². The van der Waals surface area contributed by atoms with Crippen LogP contribution in [0.5, 0.6) is 0 Å². The summed E-state index contributed by atoms with van der Waals surface area (Å²) < 4.78 is 54.7. The molecule has 2 unspecified atom stereocenters. The molecule has 2 N–H and O–H groups in total. The molecule has 1 fully saturated rings. The fourth-order valence-electron chi connectivity index (χ4n) is 3.23. The molecule has 1 saturated heterocycles. The van der Waals surface area contributed by atoms with Gasteiger partial charge in [0.05, 0.1) is 0 Å². The summed E-state index contributed by atoms with van der Waals surface area (Å²) in [6.45, 7) is 1.15. The fourth-order valence-corrected chi connectivity index (χ4v) is 3.90. The topological polar surface area (TPSA) is 88.4 Å². The first-order chi connectivity index (χ1) is 12.7. The molecule has 0 bridgehead atoms. The zero-order valence-electron chi connectivity index (χ0n) is 15.1. The highest BCUT2D eigenvalue weighted by Gasteiger charge is 2.29. The highest BCUT2D eigenvalue weighted by Crippen LogP contribution is 2.27. The lowest BCUT2D eigenvalue weighted by Gasteiger charge is -2.33. The zero-order chi connectivity index (χ0) is 19.6. The molecule has 2 aromatic rings. The van der Waals surface area contributed by atoms with Gasteiger partial charge in [-0.1, -0.05) is 6.07 Å². The Morgan fingerprint density at radius 2 is 2.00 bits per heavy atom. The minimum Gasteiger partial charge on any atom is -0.455 e. The molecular formula is C18H21ClF2N2O4S. The summed E-state index contributed by atoms with van der Waals surface area (Å²) in [5.41, 5.74) is 0.609. The maximum atomic E-state index is 13.6. The monoisotopic (exact) mass is 434 g/mol. The van der Waals surface area contributed by atoms with Gasteiger partial charge >= 0.3 is 0 Å². The van der Waals surface area contributed by atoms with E-state index in [9.17, 15) is 22.0 Å². The van der Waals surface area contributed by atoms with E-state index in [0.29, 0.717) is 25.1 Å². The van der Waals surface area contributed by atoms with Crippen LogP contribution < -0.4 is 10.6 Å². The van der Waals surface area contributed by atoms with Gasteiger partial charge in [-0.05, 0) is 42.8 Å². The predicted octanol–water partition coefficient (Wildman–Crippen LogP) is 2.40. The number of carbonyl (C=O) groups is 1.